The normalized spacial score (nSPS) is 23.9. The van der Waals surface area contributed by atoms with Crippen molar-refractivity contribution in [2.24, 2.45) is 0 Å². The van der Waals surface area contributed by atoms with Gasteiger partial charge in [0.1, 0.15) is 0 Å². The topological polar surface area (TPSA) is 61.4 Å². The number of nitrogens with one attached hydrogen (secondary N) is 2. The number of rotatable bonds is 3. The molecule has 0 aromatic heterocycles. The average molecular weight is 276 g/mol. The summed E-state index contributed by atoms with van der Waals surface area (Å²) >= 11 is 0. The van der Waals surface area contributed by atoms with E-state index in [0.717, 1.165) is 31.2 Å². The molecule has 0 radical (unpaired) electrons. The second kappa shape index (κ2) is 6.75. The Hall–Kier alpha value is -1.55. The number of aryl methyl sites for hydroxylation is 1. The molecule has 3 N–H and O–H groups in total. The lowest BCUT2D eigenvalue weighted by Gasteiger charge is -2.27. The molecule has 1 unspecified atom stereocenters. The predicted molar refractivity (Wildman–Crippen MR) is 79.5 cm³/mol. The fraction of sp³-hybridized carbons (Fsp3) is 0.562. The summed E-state index contributed by atoms with van der Waals surface area (Å²) in [5.41, 5.74) is 2.32. The molecular formula is C16H24N2O2. The molecule has 0 spiro atoms. The Bertz CT molecular complexity index is 436. The Balaban J connectivity index is 1.80. The van der Waals surface area contributed by atoms with Crippen LogP contribution in [-0.4, -0.2) is 23.3 Å². The number of aliphatic hydroxyl groups is 1. The van der Waals surface area contributed by atoms with Crippen LogP contribution in [0, 0.1) is 6.92 Å². The monoisotopic (exact) mass is 276 g/mol. The van der Waals surface area contributed by atoms with Gasteiger partial charge in [-0.15, -0.1) is 0 Å². The van der Waals surface area contributed by atoms with E-state index in [1.807, 2.05) is 38.1 Å². The summed E-state index contributed by atoms with van der Waals surface area (Å²) in [7, 11) is 0. The van der Waals surface area contributed by atoms with E-state index < -0.39 is 0 Å². The number of carbonyl (C=O) groups excluding carboxylic acids is 1. The first-order valence-electron chi connectivity index (χ1n) is 7.36. The van der Waals surface area contributed by atoms with Crippen molar-refractivity contribution in [2.45, 2.75) is 57.7 Å². The number of aliphatic hydroxyl groups excluding tert-OH is 1. The van der Waals surface area contributed by atoms with E-state index in [2.05, 4.69) is 10.6 Å². The summed E-state index contributed by atoms with van der Waals surface area (Å²) in [6.45, 7) is 4.03. The quantitative estimate of drug-likeness (QED) is 0.795. The summed E-state index contributed by atoms with van der Waals surface area (Å²) in [6, 6.07) is 8.23. The Kier molecular flexibility index (Phi) is 5.01. The highest BCUT2D eigenvalue weighted by Crippen LogP contribution is 2.18. The highest BCUT2D eigenvalue weighted by atomic mass is 16.3. The standard InChI is InChI=1S/C16H24N2O2/c1-11-3-5-13(6-4-11)12(2)17-16(20)18-14-7-9-15(19)10-8-14/h3-6,12,14-15,19H,7-10H2,1-2H3,(H2,17,18,20). The van der Waals surface area contributed by atoms with Gasteiger partial charge >= 0.3 is 6.03 Å². The van der Waals surface area contributed by atoms with Gasteiger partial charge in [-0.2, -0.15) is 0 Å². The Labute approximate surface area is 120 Å². The summed E-state index contributed by atoms with van der Waals surface area (Å²) in [6.07, 6.45) is 3.07. The van der Waals surface area contributed by atoms with Crippen LogP contribution in [0.15, 0.2) is 24.3 Å². The van der Waals surface area contributed by atoms with Crippen molar-refractivity contribution in [1.82, 2.24) is 10.6 Å². The molecule has 1 aliphatic carbocycles. The number of hydrogen-bond donors (Lipinski definition) is 3. The van der Waals surface area contributed by atoms with Crippen molar-refractivity contribution >= 4 is 6.03 Å². The van der Waals surface area contributed by atoms with Gasteiger partial charge in [-0.25, -0.2) is 4.79 Å². The van der Waals surface area contributed by atoms with E-state index in [9.17, 15) is 9.90 Å². The lowest BCUT2D eigenvalue weighted by atomic mass is 9.93. The molecule has 1 aliphatic rings. The van der Waals surface area contributed by atoms with Crippen LogP contribution in [0.3, 0.4) is 0 Å². The van der Waals surface area contributed by atoms with Crippen LogP contribution in [0.1, 0.15) is 49.8 Å². The van der Waals surface area contributed by atoms with Crippen LogP contribution in [0.2, 0.25) is 0 Å². The average Bonchev–Trinajstić information content (AvgIpc) is 2.42. The van der Waals surface area contributed by atoms with E-state index in [1.165, 1.54) is 5.56 Å². The van der Waals surface area contributed by atoms with Gasteiger partial charge in [0.25, 0.3) is 0 Å². The molecule has 0 saturated heterocycles. The molecule has 1 saturated carbocycles. The zero-order valence-electron chi connectivity index (χ0n) is 12.2. The number of carbonyl (C=O) groups is 1. The molecule has 1 aromatic carbocycles. The molecule has 20 heavy (non-hydrogen) atoms. The van der Waals surface area contributed by atoms with Crippen molar-refractivity contribution in [1.29, 1.82) is 0 Å². The van der Waals surface area contributed by atoms with E-state index in [0.29, 0.717) is 0 Å². The minimum absolute atomic E-state index is 0.00946. The molecule has 1 fully saturated rings. The second-order valence-electron chi connectivity index (χ2n) is 5.76. The molecule has 0 heterocycles. The van der Waals surface area contributed by atoms with E-state index in [-0.39, 0.29) is 24.2 Å². The molecule has 110 valence electrons. The van der Waals surface area contributed by atoms with Gasteiger partial charge in [-0.1, -0.05) is 29.8 Å². The van der Waals surface area contributed by atoms with Crippen LogP contribution in [0.4, 0.5) is 4.79 Å². The maximum absolute atomic E-state index is 12.0. The first kappa shape index (κ1) is 14.9. The Morgan fingerprint density at radius 3 is 2.40 bits per heavy atom. The molecule has 0 aliphatic heterocycles. The number of benzene rings is 1. The first-order valence-corrected chi connectivity index (χ1v) is 7.36. The van der Waals surface area contributed by atoms with E-state index >= 15 is 0 Å². The largest absolute Gasteiger partial charge is 0.393 e. The highest BCUT2D eigenvalue weighted by Gasteiger charge is 2.21. The van der Waals surface area contributed by atoms with Gasteiger partial charge in [0, 0.05) is 6.04 Å². The van der Waals surface area contributed by atoms with Crippen LogP contribution in [0.25, 0.3) is 0 Å². The van der Waals surface area contributed by atoms with Gasteiger partial charge in [0.15, 0.2) is 0 Å². The predicted octanol–water partition coefficient (Wildman–Crippen LogP) is 2.66. The summed E-state index contributed by atoms with van der Waals surface area (Å²) in [5.74, 6) is 0. The third-order valence-corrected chi connectivity index (χ3v) is 3.96. The van der Waals surface area contributed by atoms with Crippen molar-refractivity contribution in [3.8, 4) is 0 Å². The maximum atomic E-state index is 12.0. The molecule has 4 nitrogen and oxygen atoms in total. The van der Waals surface area contributed by atoms with Crippen LogP contribution in [-0.2, 0) is 0 Å². The zero-order chi connectivity index (χ0) is 14.5. The minimum atomic E-state index is -0.192. The van der Waals surface area contributed by atoms with Gasteiger partial charge in [-0.3, -0.25) is 0 Å². The highest BCUT2D eigenvalue weighted by molar-refractivity contribution is 5.74. The summed E-state index contributed by atoms with van der Waals surface area (Å²) in [5, 5.41) is 15.4. The molecule has 1 aromatic rings. The number of amides is 2. The number of urea groups is 1. The number of hydrogen-bond acceptors (Lipinski definition) is 2. The maximum Gasteiger partial charge on any atom is 0.315 e. The lowest BCUT2D eigenvalue weighted by molar-refractivity contribution is 0.117. The molecule has 2 rings (SSSR count). The summed E-state index contributed by atoms with van der Waals surface area (Å²) in [4.78, 5) is 12.0. The first-order chi connectivity index (χ1) is 9.54. The molecule has 1 atom stereocenters. The van der Waals surface area contributed by atoms with Crippen molar-refractivity contribution in [3.63, 3.8) is 0 Å². The Morgan fingerprint density at radius 1 is 1.20 bits per heavy atom. The second-order valence-corrected chi connectivity index (χ2v) is 5.76. The SMILES string of the molecule is Cc1ccc(C(C)NC(=O)NC2CCC(O)CC2)cc1. The van der Waals surface area contributed by atoms with Crippen LogP contribution >= 0.6 is 0 Å². The Morgan fingerprint density at radius 2 is 1.80 bits per heavy atom. The van der Waals surface area contributed by atoms with E-state index in [1.54, 1.807) is 0 Å². The van der Waals surface area contributed by atoms with Crippen LogP contribution < -0.4 is 10.6 Å². The molecule has 0 bridgehead atoms. The minimum Gasteiger partial charge on any atom is -0.393 e. The lowest BCUT2D eigenvalue weighted by Crippen LogP contribution is -2.44. The molecule has 2 amide bonds. The fourth-order valence-corrected chi connectivity index (χ4v) is 2.58. The van der Waals surface area contributed by atoms with Crippen LogP contribution in [0.5, 0.6) is 0 Å². The van der Waals surface area contributed by atoms with Crippen molar-refractivity contribution in [2.75, 3.05) is 0 Å². The zero-order valence-corrected chi connectivity index (χ0v) is 12.2. The van der Waals surface area contributed by atoms with Gasteiger partial charge in [-0.05, 0) is 45.1 Å². The third kappa shape index (κ3) is 4.23. The molecule has 4 heteroatoms. The van der Waals surface area contributed by atoms with E-state index in [4.69, 9.17) is 0 Å². The fourth-order valence-electron chi connectivity index (χ4n) is 2.58. The summed E-state index contributed by atoms with van der Waals surface area (Å²) < 4.78 is 0. The third-order valence-electron chi connectivity index (χ3n) is 3.96. The molecular weight excluding hydrogens is 252 g/mol. The van der Waals surface area contributed by atoms with Gasteiger partial charge < -0.3 is 15.7 Å². The van der Waals surface area contributed by atoms with Gasteiger partial charge in [0.2, 0.25) is 0 Å². The van der Waals surface area contributed by atoms with Crippen molar-refractivity contribution < 1.29 is 9.90 Å². The van der Waals surface area contributed by atoms with Crippen molar-refractivity contribution in [3.05, 3.63) is 35.4 Å². The smallest absolute Gasteiger partial charge is 0.315 e. The van der Waals surface area contributed by atoms with Gasteiger partial charge in [0.05, 0.1) is 12.1 Å².